The smallest absolute Gasteiger partial charge is 0.243 e. The Morgan fingerprint density at radius 1 is 0.967 bits per heavy atom. The third kappa shape index (κ3) is 4.03. The van der Waals surface area contributed by atoms with E-state index in [2.05, 4.69) is 15.5 Å². The van der Waals surface area contributed by atoms with Gasteiger partial charge in [0.15, 0.2) is 5.82 Å². The number of aromatic nitrogens is 2. The van der Waals surface area contributed by atoms with E-state index in [0.717, 1.165) is 31.0 Å². The highest BCUT2D eigenvalue weighted by Crippen LogP contribution is 2.28. The molecule has 0 radical (unpaired) electrons. The predicted molar refractivity (Wildman–Crippen MR) is 110 cm³/mol. The molecule has 6 nitrogen and oxygen atoms in total. The third-order valence-electron chi connectivity index (χ3n) is 5.02. The van der Waals surface area contributed by atoms with Gasteiger partial charge in [-0.25, -0.2) is 17.2 Å². The molecular weight excluding hydrogens is 410 g/mol. The van der Waals surface area contributed by atoms with Crippen molar-refractivity contribution in [3.63, 3.8) is 0 Å². The van der Waals surface area contributed by atoms with Gasteiger partial charge in [0.05, 0.1) is 16.3 Å². The van der Waals surface area contributed by atoms with Gasteiger partial charge in [-0.2, -0.15) is 4.31 Å². The van der Waals surface area contributed by atoms with Crippen molar-refractivity contribution in [1.82, 2.24) is 14.5 Å². The standard InChI is InChI=1S/C21H20F2N4O2S/c1-14-4-5-15(12-20(14)30(28,29)27-10-2-3-11-27)18-8-9-21(26-25-18)24-19-13-16(22)6-7-17(19)23/h4-9,12-13H,2-3,10-11H2,1H3,(H,24,26). The molecule has 4 rings (SSSR count). The average Bonchev–Trinajstić information content (AvgIpc) is 3.27. The maximum absolute atomic E-state index is 13.8. The summed E-state index contributed by atoms with van der Waals surface area (Å²) in [6.07, 6.45) is 1.73. The molecule has 2 heterocycles. The van der Waals surface area contributed by atoms with E-state index in [4.69, 9.17) is 0 Å². The first kappa shape index (κ1) is 20.4. The van der Waals surface area contributed by atoms with Crippen molar-refractivity contribution in [2.24, 2.45) is 0 Å². The molecule has 1 saturated heterocycles. The minimum absolute atomic E-state index is 0.0496. The molecule has 30 heavy (non-hydrogen) atoms. The van der Waals surface area contributed by atoms with Crippen molar-refractivity contribution in [2.45, 2.75) is 24.7 Å². The first-order valence-corrected chi connectivity index (χ1v) is 11.0. The second-order valence-electron chi connectivity index (χ2n) is 7.14. The molecular formula is C21H20F2N4O2S. The van der Waals surface area contributed by atoms with Gasteiger partial charge in [0.1, 0.15) is 11.6 Å². The van der Waals surface area contributed by atoms with Crippen LogP contribution in [0.1, 0.15) is 18.4 Å². The molecule has 1 aliphatic heterocycles. The second kappa shape index (κ2) is 8.08. The summed E-state index contributed by atoms with van der Waals surface area (Å²) in [5.74, 6) is -0.951. The Morgan fingerprint density at radius 2 is 1.73 bits per heavy atom. The van der Waals surface area contributed by atoms with Gasteiger partial charge in [-0.15, -0.1) is 10.2 Å². The first-order chi connectivity index (χ1) is 14.3. The maximum Gasteiger partial charge on any atom is 0.243 e. The Hall–Kier alpha value is -2.91. The zero-order valence-corrected chi connectivity index (χ0v) is 17.1. The number of anilines is 2. The van der Waals surface area contributed by atoms with Crippen molar-refractivity contribution >= 4 is 21.5 Å². The van der Waals surface area contributed by atoms with Gasteiger partial charge in [-0.05, 0) is 55.7 Å². The molecule has 1 aliphatic rings. The molecule has 9 heteroatoms. The van der Waals surface area contributed by atoms with Crippen LogP contribution in [0.25, 0.3) is 11.3 Å². The van der Waals surface area contributed by atoms with Crippen LogP contribution >= 0.6 is 0 Å². The van der Waals surface area contributed by atoms with Crippen LogP contribution < -0.4 is 5.32 Å². The van der Waals surface area contributed by atoms with Gasteiger partial charge in [0, 0.05) is 24.7 Å². The normalized spacial score (nSPS) is 14.8. The minimum Gasteiger partial charge on any atom is -0.336 e. The van der Waals surface area contributed by atoms with Crippen LogP contribution in [0.4, 0.5) is 20.3 Å². The lowest BCUT2D eigenvalue weighted by atomic mass is 10.1. The van der Waals surface area contributed by atoms with E-state index in [-0.39, 0.29) is 16.4 Å². The fourth-order valence-electron chi connectivity index (χ4n) is 3.39. The Kier molecular flexibility index (Phi) is 5.48. The van der Waals surface area contributed by atoms with Crippen LogP contribution in [0.2, 0.25) is 0 Å². The van der Waals surface area contributed by atoms with Crippen LogP contribution in [0.3, 0.4) is 0 Å². The first-order valence-electron chi connectivity index (χ1n) is 9.51. The van der Waals surface area contributed by atoms with Crippen molar-refractivity contribution < 1.29 is 17.2 Å². The summed E-state index contributed by atoms with van der Waals surface area (Å²) in [5.41, 5.74) is 1.69. The van der Waals surface area contributed by atoms with E-state index in [0.29, 0.717) is 29.9 Å². The lowest BCUT2D eigenvalue weighted by Gasteiger charge is -2.17. The fourth-order valence-corrected chi connectivity index (χ4v) is 5.16. The van der Waals surface area contributed by atoms with Crippen LogP contribution in [-0.2, 0) is 10.0 Å². The number of nitrogens with zero attached hydrogens (tertiary/aromatic N) is 3. The summed E-state index contributed by atoms with van der Waals surface area (Å²) in [6, 6.07) is 11.4. The lowest BCUT2D eigenvalue weighted by Crippen LogP contribution is -2.28. The van der Waals surface area contributed by atoms with Gasteiger partial charge in [0.25, 0.3) is 0 Å². The Labute approximate surface area is 173 Å². The Balaban J connectivity index is 1.61. The monoisotopic (exact) mass is 430 g/mol. The highest BCUT2D eigenvalue weighted by Gasteiger charge is 2.28. The number of benzene rings is 2. The summed E-state index contributed by atoms with van der Waals surface area (Å²) < 4.78 is 54.5. The Bertz CT molecular complexity index is 1180. The highest BCUT2D eigenvalue weighted by atomic mass is 32.2. The molecule has 0 spiro atoms. The van der Waals surface area contributed by atoms with E-state index in [1.165, 1.54) is 4.31 Å². The van der Waals surface area contributed by atoms with Crippen LogP contribution in [-0.4, -0.2) is 36.0 Å². The van der Waals surface area contributed by atoms with Gasteiger partial charge in [0.2, 0.25) is 10.0 Å². The quantitative estimate of drug-likeness (QED) is 0.655. The van der Waals surface area contributed by atoms with E-state index >= 15 is 0 Å². The van der Waals surface area contributed by atoms with Gasteiger partial charge in [-0.1, -0.05) is 12.1 Å². The third-order valence-corrected chi connectivity index (χ3v) is 7.06. The van der Waals surface area contributed by atoms with E-state index in [9.17, 15) is 17.2 Å². The average molecular weight is 430 g/mol. The zero-order valence-electron chi connectivity index (χ0n) is 16.3. The van der Waals surface area contributed by atoms with Gasteiger partial charge >= 0.3 is 0 Å². The Morgan fingerprint density at radius 3 is 2.43 bits per heavy atom. The van der Waals surface area contributed by atoms with Crippen molar-refractivity contribution in [3.8, 4) is 11.3 Å². The molecule has 0 unspecified atom stereocenters. The number of halogens is 2. The summed E-state index contributed by atoms with van der Waals surface area (Å²) in [7, 11) is -3.56. The summed E-state index contributed by atoms with van der Waals surface area (Å²) in [6.45, 7) is 2.82. The number of aryl methyl sites for hydroxylation is 1. The predicted octanol–water partition coefficient (Wildman–Crippen LogP) is 4.26. The van der Waals surface area contributed by atoms with Crippen molar-refractivity contribution in [3.05, 3.63) is 65.7 Å². The summed E-state index contributed by atoms with van der Waals surface area (Å²) in [4.78, 5) is 0.257. The number of nitrogens with one attached hydrogen (secondary N) is 1. The lowest BCUT2D eigenvalue weighted by molar-refractivity contribution is 0.477. The summed E-state index contributed by atoms with van der Waals surface area (Å²) in [5, 5.41) is 10.8. The maximum atomic E-state index is 13.8. The molecule has 0 saturated carbocycles. The molecule has 1 fully saturated rings. The van der Waals surface area contributed by atoms with Crippen LogP contribution in [0.15, 0.2) is 53.4 Å². The van der Waals surface area contributed by atoms with Gasteiger partial charge in [-0.3, -0.25) is 0 Å². The van der Waals surface area contributed by atoms with Gasteiger partial charge < -0.3 is 5.32 Å². The van der Waals surface area contributed by atoms with Crippen molar-refractivity contribution in [2.75, 3.05) is 18.4 Å². The molecule has 1 aromatic heterocycles. The zero-order chi connectivity index (χ0) is 21.3. The number of rotatable bonds is 5. The topological polar surface area (TPSA) is 75.2 Å². The molecule has 1 N–H and O–H groups in total. The molecule has 0 aliphatic carbocycles. The van der Waals surface area contributed by atoms with E-state index in [1.54, 1.807) is 37.3 Å². The number of sulfonamides is 1. The van der Waals surface area contributed by atoms with Crippen LogP contribution in [0, 0.1) is 18.6 Å². The van der Waals surface area contributed by atoms with E-state index < -0.39 is 21.7 Å². The minimum atomic E-state index is -3.56. The molecule has 2 aromatic carbocycles. The molecule has 156 valence electrons. The van der Waals surface area contributed by atoms with Crippen molar-refractivity contribution in [1.29, 1.82) is 0 Å². The molecule has 0 atom stereocenters. The fraction of sp³-hybridized carbons (Fsp3) is 0.238. The molecule has 3 aromatic rings. The highest BCUT2D eigenvalue weighted by molar-refractivity contribution is 7.89. The number of hydrogen-bond acceptors (Lipinski definition) is 5. The van der Waals surface area contributed by atoms with E-state index in [1.807, 2.05) is 0 Å². The number of hydrogen-bond donors (Lipinski definition) is 1. The summed E-state index contributed by atoms with van der Waals surface area (Å²) >= 11 is 0. The SMILES string of the molecule is Cc1ccc(-c2ccc(Nc3cc(F)ccc3F)nn2)cc1S(=O)(=O)N1CCCC1. The van der Waals surface area contributed by atoms with Crippen LogP contribution in [0.5, 0.6) is 0 Å². The molecule has 0 bridgehead atoms. The largest absolute Gasteiger partial charge is 0.336 e. The molecule has 0 amide bonds. The second-order valence-corrected chi connectivity index (χ2v) is 9.05.